The van der Waals surface area contributed by atoms with Gasteiger partial charge in [0.15, 0.2) is 5.82 Å². The molecule has 1 aliphatic rings. The van der Waals surface area contributed by atoms with Gasteiger partial charge in [0.25, 0.3) is 0 Å². The molecule has 1 aromatic rings. The lowest BCUT2D eigenvalue weighted by atomic mass is 9.85. The van der Waals surface area contributed by atoms with Gasteiger partial charge < -0.3 is 9.84 Å². The maximum Gasteiger partial charge on any atom is 0.229 e. The fourth-order valence-corrected chi connectivity index (χ4v) is 2.66. The molecule has 102 valence electrons. The molecule has 1 saturated carbocycles. The Morgan fingerprint density at radius 2 is 2.11 bits per heavy atom. The van der Waals surface area contributed by atoms with Gasteiger partial charge in [-0.05, 0) is 31.7 Å². The van der Waals surface area contributed by atoms with Crippen LogP contribution in [0.5, 0.6) is 0 Å². The highest BCUT2D eigenvalue weighted by atomic mass is 16.5. The predicted molar refractivity (Wildman–Crippen MR) is 71.5 cm³/mol. The summed E-state index contributed by atoms with van der Waals surface area (Å²) >= 11 is 0. The third-order valence-electron chi connectivity index (χ3n) is 3.60. The number of rotatable bonds is 3. The SMILES string of the molecule is CNC1CCCC(c2nc(CC(C)(C)C)no2)C1. The zero-order chi connectivity index (χ0) is 13.2. The molecule has 4 heteroatoms. The molecule has 1 fully saturated rings. The first-order valence-electron chi connectivity index (χ1n) is 6.97. The van der Waals surface area contributed by atoms with E-state index in [1.165, 1.54) is 19.3 Å². The number of nitrogens with one attached hydrogen (secondary N) is 1. The van der Waals surface area contributed by atoms with Crippen LogP contribution in [-0.4, -0.2) is 23.2 Å². The Labute approximate surface area is 110 Å². The molecule has 0 radical (unpaired) electrons. The summed E-state index contributed by atoms with van der Waals surface area (Å²) in [5, 5.41) is 7.48. The summed E-state index contributed by atoms with van der Waals surface area (Å²) in [5.74, 6) is 2.13. The minimum atomic E-state index is 0.210. The second kappa shape index (κ2) is 5.39. The van der Waals surface area contributed by atoms with Crippen LogP contribution in [0.25, 0.3) is 0 Å². The molecule has 0 spiro atoms. The van der Waals surface area contributed by atoms with Gasteiger partial charge in [-0.3, -0.25) is 0 Å². The molecule has 0 amide bonds. The Morgan fingerprint density at radius 1 is 1.33 bits per heavy atom. The molecule has 0 aromatic carbocycles. The molecular weight excluding hydrogens is 226 g/mol. The van der Waals surface area contributed by atoms with Crippen LogP contribution >= 0.6 is 0 Å². The Morgan fingerprint density at radius 3 is 2.78 bits per heavy atom. The van der Waals surface area contributed by atoms with E-state index in [9.17, 15) is 0 Å². The van der Waals surface area contributed by atoms with Crippen molar-refractivity contribution in [2.75, 3.05) is 7.05 Å². The molecule has 2 unspecified atom stereocenters. The molecule has 0 aliphatic heterocycles. The van der Waals surface area contributed by atoms with Gasteiger partial charge in [0.2, 0.25) is 5.89 Å². The van der Waals surface area contributed by atoms with Crippen molar-refractivity contribution in [3.05, 3.63) is 11.7 Å². The van der Waals surface area contributed by atoms with E-state index in [2.05, 4.69) is 36.2 Å². The number of nitrogens with zero attached hydrogens (tertiary/aromatic N) is 2. The molecule has 0 saturated heterocycles. The average Bonchev–Trinajstić information content (AvgIpc) is 2.75. The van der Waals surface area contributed by atoms with Gasteiger partial charge in [0.05, 0.1) is 0 Å². The molecular formula is C14H25N3O. The molecule has 1 aliphatic carbocycles. The second-order valence-electron chi connectivity index (χ2n) is 6.64. The first-order valence-corrected chi connectivity index (χ1v) is 6.97. The van der Waals surface area contributed by atoms with Crippen LogP contribution in [0.4, 0.5) is 0 Å². The quantitative estimate of drug-likeness (QED) is 0.897. The minimum Gasteiger partial charge on any atom is -0.339 e. The van der Waals surface area contributed by atoms with Crippen molar-refractivity contribution < 1.29 is 4.52 Å². The molecule has 2 atom stereocenters. The van der Waals surface area contributed by atoms with Crippen molar-refractivity contribution >= 4 is 0 Å². The van der Waals surface area contributed by atoms with Crippen molar-refractivity contribution in [3.8, 4) is 0 Å². The van der Waals surface area contributed by atoms with E-state index < -0.39 is 0 Å². The molecule has 1 N–H and O–H groups in total. The van der Waals surface area contributed by atoms with Crippen molar-refractivity contribution in [1.82, 2.24) is 15.5 Å². The fraction of sp³-hybridized carbons (Fsp3) is 0.857. The van der Waals surface area contributed by atoms with Gasteiger partial charge in [-0.15, -0.1) is 0 Å². The summed E-state index contributed by atoms with van der Waals surface area (Å²) in [4.78, 5) is 4.58. The minimum absolute atomic E-state index is 0.210. The van der Waals surface area contributed by atoms with Gasteiger partial charge in [-0.1, -0.05) is 32.3 Å². The second-order valence-corrected chi connectivity index (χ2v) is 6.64. The molecule has 4 nitrogen and oxygen atoms in total. The van der Waals surface area contributed by atoms with Crippen LogP contribution in [0.3, 0.4) is 0 Å². The summed E-state index contributed by atoms with van der Waals surface area (Å²) < 4.78 is 5.45. The summed E-state index contributed by atoms with van der Waals surface area (Å²) in [6, 6.07) is 0.599. The van der Waals surface area contributed by atoms with Gasteiger partial charge >= 0.3 is 0 Å². The Hall–Kier alpha value is -0.900. The highest BCUT2D eigenvalue weighted by Gasteiger charge is 2.27. The lowest BCUT2D eigenvalue weighted by molar-refractivity contribution is 0.282. The van der Waals surface area contributed by atoms with Crippen molar-refractivity contribution in [2.45, 2.75) is 64.8 Å². The summed E-state index contributed by atoms with van der Waals surface area (Å²) in [5.41, 5.74) is 0.210. The van der Waals surface area contributed by atoms with Crippen LogP contribution in [0.2, 0.25) is 0 Å². The largest absolute Gasteiger partial charge is 0.339 e. The van der Waals surface area contributed by atoms with E-state index >= 15 is 0 Å². The molecule has 2 rings (SSSR count). The van der Waals surface area contributed by atoms with E-state index in [1.807, 2.05) is 7.05 Å². The lowest BCUT2D eigenvalue weighted by Gasteiger charge is -2.26. The van der Waals surface area contributed by atoms with Gasteiger partial charge in [-0.2, -0.15) is 4.98 Å². The molecule has 1 aromatic heterocycles. The molecule has 0 bridgehead atoms. The van der Waals surface area contributed by atoms with Crippen LogP contribution in [0.15, 0.2) is 4.52 Å². The topological polar surface area (TPSA) is 51.0 Å². The van der Waals surface area contributed by atoms with Gasteiger partial charge in [0, 0.05) is 18.4 Å². The smallest absolute Gasteiger partial charge is 0.229 e. The Bertz CT molecular complexity index is 381. The van der Waals surface area contributed by atoms with Gasteiger partial charge in [0.1, 0.15) is 0 Å². The molecule has 1 heterocycles. The third-order valence-corrected chi connectivity index (χ3v) is 3.60. The maximum atomic E-state index is 5.45. The first-order chi connectivity index (χ1) is 8.48. The Balaban J connectivity index is 2.01. The van der Waals surface area contributed by atoms with Crippen LogP contribution in [-0.2, 0) is 6.42 Å². The number of hydrogen-bond acceptors (Lipinski definition) is 4. The standard InChI is InChI=1S/C14H25N3O/c1-14(2,3)9-12-16-13(18-17-12)10-6-5-7-11(8-10)15-4/h10-11,15H,5-9H2,1-4H3. The van der Waals surface area contributed by atoms with E-state index in [4.69, 9.17) is 4.52 Å². The van der Waals surface area contributed by atoms with E-state index in [0.717, 1.165) is 24.6 Å². The predicted octanol–water partition coefficient (Wildman–Crippen LogP) is 2.90. The van der Waals surface area contributed by atoms with Crippen LogP contribution < -0.4 is 5.32 Å². The van der Waals surface area contributed by atoms with Crippen LogP contribution in [0, 0.1) is 5.41 Å². The van der Waals surface area contributed by atoms with E-state index in [-0.39, 0.29) is 5.41 Å². The van der Waals surface area contributed by atoms with Crippen molar-refractivity contribution in [3.63, 3.8) is 0 Å². The number of aromatic nitrogens is 2. The first kappa shape index (κ1) is 13.5. The third kappa shape index (κ3) is 3.55. The zero-order valence-corrected chi connectivity index (χ0v) is 12.0. The highest BCUT2D eigenvalue weighted by molar-refractivity contribution is 4.99. The normalized spacial score (nSPS) is 25.3. The summed E-state index contributed by atoms with van der Waals surface area (Å²) in [6.45, 7) is 6.59. The fourth-order valence-electron chi connectivity index (χ4n) is 2.66. The summed E-state index contributed by atoms with van der Waals surface area (Å²) in [7, 11) is 2.03. The number of hydrogen-bond donors (Lipinski definition) is 1. The van der Waals surface area contributed by atoms with Crippen molar-refractivity contribution in [1.29, 1.82) is 0 Å². The van der Waals surface area contributed by atoms with E-state index in [1.54, 1.807) is 0 Å². The maximum absolute atomic E-state index is 5.45. The zero-order valence-electron chi connectivity index (χ0n) is 12.0. The highest BCUT2D eigenvalue weighted by Crippen LogP contribution is 2.32. The van der Waals surface area contributed by atoms with Crippen molar-refractivity contribution in [2.24, 2.45) is 5.41 Å². The van der Waals surface area contributed by atoms with Gasteiger partial charge in [-0.25, -0.2) is 0 Å². The monoisotopic (exact) mass is 251 g/mol. The van der Waals surface area contributed by atoms with Crippen LogP contribution in [0.1, 0.15) is 64.1 Å². The molecule has 18 heavy (non-hydrogen) atoms. The lowest BCUT2D eigenvalue weighted by Crippen LogP contribution is -2.30. The average molecular weight is 251 g/mol. The summed E-state index contributed by atoms with van der Waals surface area (Å²) in [6.07, 6.45) is 5.67. The van der Waals surface area contributed by atoms with E-state index in [0.29, 0.717) is 12.0 Å². The Kier molecular flexibility index (Phi) is 4.05.